The monoisotopic (exact) mass is 278 g/mol. The van der Waals surface area contributed by atoms with Gasteiger partial charge in [0.15, 0.2) is 0 Å². The molecule has 1 amide bonds. The number of carbonyl (C=O) groups is 1. The predicted octanol–water partition coefficient (Wildman–Crippen LogP) is 2.30. The summed E-state index contributed by atoms with van der Waals surface area (Å²) in [5.74, 6) is -1.57. The first-order valence-electron chi connectivity index (χ1n) is 6.99. The van der Waals surface area contributed by atoms with E-state index in [0.717, 1.165) is 12.8 Å². The fourth-order valence-electron chi connectivity index (χ4n) is 3.07. The van der Waals surface area contributed by atoms with Gasteiger partial charge in [0.2, 0.25) is 5.91 Å². The van der Waals surface area contributed by atoms with E-state index >= 15 is 0 Å². The van der Waals surface area contributed by atoms with Crippen LogP contribution in [0.25, 0.3) is 0 Å². The zero-order chi connectivity index (χ0) is 14.0. The predicted molar refractivity (Wildman–Crippen MR) is 65.3 cm³/mol. The lowest BCUT2D eigenvalue weighted by molar-refractivity contribution is -0.188. The van der Waals surface area contributed by atoms with Gasteiger partial charge >= 0.3 is 6.18 Å². The highest BCUT2D eigenvalue weighted by Crippen LogP contribution is 2.34. The van der Waals surface area contributed by atoms with Crippen molar-refractivity contribution in [1.82, 2.24) is 4.90 Å². The van der Waals surface area contributed by atoms with Crippen LogP contribution < -0.4 is 5.73 Å². The van der Waals surface area contributed by atoms with Crippen molar-refractivity contribution < 1.29 is 18.0 Å². The molecule has 0 radical (unpaired) electrons. The van der Waals surface area contributed by atoms with Crippen molar-refractivity contribution in [3.05, 3.63) is 0 Å². The van der Waals surface area contributed by atoms with E-state index < -0.39 is 12.1 Å². The molecular formula is C13H21F3N2O. The summed E-state index contributed by atoms with van der Waals surface area (Å²) >= 11 is 0. The van der Waals surface area contributed by atoms with Gasteiger partial charge < -0.3 is 10.6 Å². The second-order valence-corrected chi connectivity index (χ2v) is 5.78. The Labute approximate surface area is 111 Å². The molecule has 1 aliphatic heterocycles. The molecular weight excluding hydrogens is 257 g/mol. The van der Waals surface area contributed by atoms with E-state index in [1.54, 1.807) is 0 Å². The van der Waals surface area contributed by atoms with E-state index in [0.29, 0.717) is 25.8 Å². The molecule has 1 atom stereocenters. The number of amides is 1. The van der Waals surface area contributed by atoms with Gasteiger partial charge in [0.05, 0.1) is 5.92 Å². The number of alkyl halides is 3. The highest BCUT2D eigenvalue weighted by molar-refractivity contribution is 5.79. The number of piperidine rings is 1. The Balaban J connectivity index is 1.92. The van der Waals surface area contributed by atoms with E-state index in [9.17, 15) is 18.0 Å². The third-order valence-corrected chi connectivity index (χ3v) is 4.32. The summed E-state index contributed by atoms with van der Waals surface area (Å²) in [6.45, 7) is 0.304. The SMILES string of the molecule is NC1CCC(C(=O)N2CCCC(C(F)(F)F)C2)CC1. The maximum Gasteiger partial charge on any atom is 0.393 e. The van der Waals surface area contributed by atoms with Gasteiger partial charge in [-0.15, -0.1) is 0 Å². The molecule has 6 heteroatoms. The van der Waals surface area contributed by atoms with Crippen molar-refractivity contribution >= 4 is 5.91 Å². The maximum atomic E-state index is 12.7. The largest absolute Gasteiger partial charge is 0.393 e. The molecule has 3 nitrogen and oxygen atoms in total. The summed E-state index contributed by atoms with van der Waals surface area (Å²) in [4.78, 5) is 13.7. The Hall–Kier alpha value is -0.780. The summed E-state index contributed by atoms with van der Waals surface area (Å²) in [6, 6.07) is 0.147. The standard InChI is InChI=1S/C13H21F3N2O/c14-13(15,16)10-2-1-7-18(8-10)12(19)9-3-5-11(17)6-4-9/h9-11H,1-8,17H2. The van der Waals surface area contributed by atoms with E-state index in [1.807, 2.05) is 0 Å². The average molecular weight is 278 g/mol. The molecule has 0 aromatic heterocycles. The van der Waals surface area contributed by atoms with Gasteiger partial charge in [0.1, 0.15) is 0 Å². The number of nitrogens with zero attached hydrogens (tertiary/aromatic N) is 1. The lowest BCUT2D eigenvalue weighted by atomic mass is 9.85. The first-order chi connectivity index (χ1) is 8.88. The van der Waals surface area contributed by atoms with Crippen LogP contribution in [0.2, 0.25) is 0 Å². The van der Waals surface area contributed by atoms with Crippen LogP contribution in [-0.4, -0.2) is 36.1 Å². The summed E-state index contributed by atoms with van der Waals surface area (Å²) in [6.07, 6.45) is -0.570. The van der Waals surface area contributed by atoms with Gasteiger partial charge in [-0.05, 0) is 38.5 Å². The molecule has 1 aliphatic carbocycles. The van der Waals surface area contributed by atoms with Gasteiger partial charge in [-0.1, -0.05) is 0 Å². The van der Waals surface area contributed by atoms with Gasteiger partial charge in [-0.25, -0.2) is 0 Å². The molecule has 0 spiro atoms. The molecule has 2 fully saturated rings. The molecule has 2 aliphatic rings. The van der Waals surface area contributed by atoms with Crippen LogP contribution in [0.5, 0.6) is 0 Å². The Kier molecular flexibility index (Phi) is 4.38. The summed E-state index contributed by atoms with van der Waals surface area (Å²) in [5.41, 5.74) is 5.78. The third-order valence-electron chi connectivity index (χ3n) is 4.32. The van der Waals surface area contributed by atoms with Crippen LogP contribution in [0.1, 0.15) is 38.5 Å². The van der Waals surface area contributed by atoms with Crippen molar-refractivity contribution in [1.29, 1.82) is 0 Å². The second kappa shape index (κ2) is 5.69. The summed E-state index contributed by atoms with van der Waals surface area (Å²) < 4.78 is 38.2. The van der Waals surface area contributed by atoms with Crippen molar-refractivity contribution in [3.8, 4) is 0 Å². The van der Waals surface area contributed by atoms with E-state index in [1.165, 1.54) is 4.90 Å². The molecule has 2 N–H and O–H groups in total. The number of halogens is 3. The van der Waals surface area contributed by atoms with Crippen LogP contribution in [-0.2, 0) is 4.79 Å². The molecule has 1 saturated heterocycles. The number of hydrogen-bond donors (Lipinski definition) is 1. The van der Waals surface area contributed by atoms with Crippen LogP contribution in [0.4, 0.5) is 13.2 Å². The zero-order valence-corrected chi connectivity index (χ0v) is 11.0. The number of nitrogens with two attached hydrogens (primary N) is 1. The zero-order valence-electron chi connectivity index (χ0n) is 11.0. The van der Waals surface area contributed by atoms with E-state index in [2.05, 4.69) is 0 Å². The summed E-state index contributed by atoms with van der Waals surface area (Å²) in [7, 11) is 0. The fraction of sp³-hybridized carbons (Fsp3) is 0.923. The topological polar surface area (TPSA) is 46.3 Å². The van der Waals surface area contributed by atoms with Crippen molar-refractivity contribution in [2.24, 2.45) is 17.6 Å². The first kappa shape index (κ1) is 14.6. The molecule has 2 rings (SSSR count). The minimum absolute atomic E-state index is 0.0964. The molecule has 1 unspecified atom stereocenters. The van der Waals surface area contributed by atoms with E-state index in [-0.39, 0.29) is 30.8 Å². The normalized spacial score (nSPS) is 33.3. The lowest BCUT2D eigenvalue weighted by Gasteiger charge is -2.37. The van der Waals surface area contributed by atoms with E-state index in [4.69, 9.17) is 5.73 Å². The highest BCUT2D eigenvalue weighted by Gasteiger charge is 2.43. The Morgan fingerprint density at radius 2 is 1.74 bits per heavy atom. The van der Waals surface area contributed by atoms with Crippen molar-refractivity contribution in [2.75, 3.05) is 13.1 Å². The van der Waals surface area contributed by atoms with Gasteiger partial charge in [0, 0.05) is 25.0 Å². The lowest BCUT2D eigenvalue weighted by Crippen LogP contribution is -2.47. The molecule has 19 heavy (non-hydrogen) atoms. The average Bonchev–Trinajstić information content (AvgIpc) is 2.38. The Bertz CT molecular complexity index is 324. The second-order valence-electron chi connectivity index (χ2n) is 5.78. The van der Waals surface area contributed by atoms with Crippen LogP contribution >= 0.6 is 0 Å². The summed E-state index contributed by atoms with van der Waals surface area (Å²) in [5, 5.41) is 0. The molecule has 0 aromatic rings. The Morgan fingerprint density at radius 1 is 1.11 bits per heavy atom. The van der Waals surface area contributed by atoms with Crippen molar-refractivity contribution in [2.45, 2.75) is 50.7 Å². The highest BCUT2D eigenvalue weighted by atomic mass is 19.4. The van der Waals surface area contributed by atoms with Gasteiger partial charge in [0.25, 0.3) is 0 Å². The number of carbonyl (C=O) groups excluding carboxylic acids is 1. The van der Waals surface area contributed by atoms with Gasteiger partial charge in [-0.2, -0.15) is 13.2 Å². The van der Waals surface area contributed by atoms with Crippen LogP contribution in [0, 0.1) is 11.8 Å². The van der Waals surface area contributed by atoms with Crippen molar-refractivity contribution in [3.63, 3.8) is 0 Å². The van der Waals surface area contributed by atoms with Crippen LogP contribution in [0.3, 0.4) is 0 Å². The minimum Gasteiger partial charge on any atom is -0.342 e. The molecule has 0 bridgehead atoms. The molecule has 0 aromatic carbocycles. The first-order valence-corrected chi connectivity index (χ1v) is 6.99. The Morgan fingerprint density at radius 3 is 2.32 bits per heavy atom. The smallest absolute Gasteiger partial charge is 0.342 e. The number of hydrogen-bond acceptors (Lipinski definition) is 2. The van der Waals surface area contributed by atoms with Crippen LogP contribution in [0.15, 0.2) is 0 Å². The third kappa shape index (κ3) is 3.61. The molecule has 1 saturated carbocycles. The number of rotatable bonds is 1. The quantitative estimate of drug-likeness (QED) is 0.800. The minimum atomic E-state index is -4.19. The molecule has 1 heterocycles. The number of likely N-dealkylation sites (tertiary alicyclic amines) is 1. The fourth-order valence-corrected chi connectivity index (χ4v) is 3.07. The van der Waals surface area contributed by atoms with Gasteiger partial charge in [-0.3, -0.25) is 4.79 Å². The molecule has 110 valence electrons. The maximum absolute atomic E-state index is 12.7.